The van der Waals surface area contributed by atoms with E-state index >= 15 is 0 Å². The molecule has 1 heterocycles. The highest BCUT2D eigenvalue weighted by molar-refractivity contribution is 5.96. The molecule has 1 aromatic carbocycles. The molecule has 0 bridgehead atoms. The van der Waals surface area contributed by atoms with Gasteiger partial charge < -0.3 is 24.4 Å². The molecule has 2 aromatic rings. The lowest BCUT2D eigenvalue weighted by Crippen LogP contribution is -2.30. The lowest BCUT2D eigenvalue weighted by Gasteiger charge is -2.13. The highest BCUT2D eigenvalue weighted by atomic mass is 16.5. The van der Waals surface area contributed by atoms with Crippen LogP contribution in [0.5, 0.6) is 11.5 Å². The van der Waals surface area contributed by atoms with Gasteiger partial charge in [0.15, 0.2) is 11.5 Å². The van der Waals surface area contributed by atoms with Gasteiger partial charge in [0.25, 0.3) is 5.91 Å². The number of nitrogens with one attached hydrogen (secondary N) is 1. The van der Waals surface area contributed by atoms with Crippen molar-refractivity contribution in [2.24, 2.45) is 0 Å². The Kier molecular flexibility index (Phi) is 8.27. The summed E-state index contributed by atoms with van der Waals surface area (Å²) >= 11 is 0. The molecule has 1 amide bonds. The average molecular weight is 401 g/mol. The Morgan fingerprint density at radius 1 is 1.03 bits per heavy atom. The Hall–Kier alpha value is -3.29. The van der Waals surface area contributed by atoms with Crippen molar-refractivity contribution in [1.82, 2.24) is 10.3 Å². The highest BCUT2D eigenvalue weighted by Crippen LogP contribution is 2.28. The van der Waals surface area contributed by atoms with Crippen molar-refractivity contribution in [3.8, 4) is 11.5 Å². The van der Waals surface area contributed by atoms with Crippen LogP contribution in [0.4, 0.5) is 5.82 Å². The molecule has 0 radical (unpaired) electrons. The number of carbonyl (C=O) groups is 2. The molecular formula is C21H27N3O5. The van der Waals surface area contributed by atoms with Gasteiger partial charge in [0, 0.05) is 25.9 Å². The van der Waals surface area contributed by atoms with Gasteiger partial charge in [-0.2, -0.15) is 0 Å². The number of nitrogens with zero attached hydrogens (tertiary/aromatic N) is 2. The van der Waals surface area contributed by atoms with Gasteiger partial charge in [-0.15, -0.1) is 0 Å². The fourth-order valence-electron chi connectivity index (χ4n) is 2.46. The molecule has 156 valence electrons. The second-order valence-corrected chi connectivity index (χ2v) is 6.29. The fourth-order valence-corrected chi connectivity index (χ4v) is 2.46. The van der Waals surface area contributed by atoms with Crippen LogP contribution in [0.3, 0.4) is 0 Å². The third kappa shape index (κ3) is 6.67. The van der Waals surface area contributed by atoms with Crippen molar-refractivity contribution in [3.05, 3.63) is 47.7 Å². The van der Waals surface area contributed by atoms with Crippen LogP contribution >= 0.6 is 0 Å². The first-order valence-electron chi connectivity index (χ1n) is 9.40. The maximum atomic E-state index is 12.3. The van der Waals surface area contributed by atoms with Crippen molar-refractivity contribution in [2.75, 3.05) is 38.8 Å². The van der Waals surface area contributed by atoms with Gasteiger partial charge in [-0.05, 0) is 49.7 Å². The maximum Gasteiger partial charge on any atom is 0.325 e. The topological polar surface area (TPSA) is 90.0 Å². The van der Waals surface area contributed by atoms with E-state index in [-0.39, 0.29) is 13.2 Å². The first-order valence-corrected chi connectivity index (χ1v) is 9.40. The molecule has 8 heteroatoms. The molecule has 0 saturated carbocycles. The molecule has 0 unspecified atom stereocenters. The summed E-state index contributed by atoms with van der Waals surface area (Å²) in [6, 6.07) is 8.49. The molecule has 1 aromatic heterocycles. The van der Waals surface area contributed by atoms with Crippen LogP contribution in [0.25, 0.3) is 0 Å². The summed E-state index contributed by atoms with van der Waals surface area (Å²) in [5.74, 6) is 0.897. The molecule has 8 nitrogen and oxygen atoms in total. The second-order valence-electron chi connectivity index (χ2n) is 6.29. The Bertz CT molecular complexity index is 839. The zero-order valence-corrected chi connectivity index (χ0v) is 17.2. The van der Waals surface area contributed by atoms with E-state index in [1.807, 2.05) is 38.9 Å². The minimum absolute atomic E-state index is 0.107. The van der Waals surface area contributed by atoms with Crippen molar-refractivity contribution >= 4 is 17.7 Å². The molecule has 0 aliphatic rings. The lowest BCUT2D eigenvalue weighted by atomic mass is 10.2. The number of rotatable bonds is 10. The minimum atomic E-state index is -0.530. The van der Waals surface area contributed by atoms with E-state index in [4.69, 9.17) is 14.2 Å². The fraction of sp³-hybridized carbons (Fsp3) is 0.381. The van der Waals surface area contributed by atoms with Gasteiger partial charge in [0.05, 0.1) is 13.2 Å². The van der Waals surface area contributed by atoms with Crippen LogP contribution in [0, 0.1) is 0 Å². The first-order chi connectivity index (χ1) is 13.9. The summed E-state index contributed by atoms with van der Waals surface area (Å²) in [6.07, 6.45) is 1.65. The largest absolute Gasteiger partial charge is 0.490 e. The molecule has 29 heavy (non-hydrogen) atoms. The Morgan fingerprint density at radius 2 is 1.76 bits per heavy atom. The number of amides is 1. The van der Waals surface area contributed by atoms with Crippen molar-refractivity contribution in [1.29, 1.82) is 0 Å². The van der Waals surface area contributed by atoms with Crippen LogP contribution in [0.1, 0.15) is 29.8 Å². The first kappa shape index (κ1) is 22.0. The van der Waals surface area contributed by atoms with Crippen LogP contribution in [0.2, 0.25) is 0 Å². The van der Waals surface area contributed by atoms with Crippen LogP contribution < -0.4 is 19.7 Å². The van der Waals surface area contributed by atoms with Crippen molar-refractivity contribution < 1.29 is 23.8 Å². The minimum Gasteiger partial charge on any atom is -0.490 e. The van der Waals surface area contributed by atoms with Crippen LogP contribution in [-0.2, 0) is 16.1 Å². The number of ether oxygens (including phenoxy) is 3. The Morgan fingerprint density at radius 3 is 2.45 bits per heavy atom. The lowest BCUT2D eigenvalue weighted by molar-refractivity contribution is -0.143. The number of pyridine rings is 1. The summed E-state index contributed by atoms with van der Waals surface area (Å²) in [5, 5.41) is 2.55. The van der Waals surface area contributed by atoms with Gasteiger partial charge in [-0.1, -0.05) is 0 Å². The van der Waals surface area contributed by atoms with Gasteiger partial charge in [-0.25, -0.2) is 4.98 Å². The molecule has 2 rings (SSSR count). The Labute approximate surface area is 170 Å². The molecule has 0 aliphatic heterocycles. The standard InChI is InChI=1S/C21H27N3O5/c1-5-27-17-8-7-16(12-18(17)28-6-2)21(26)23-13-20(25)29-14-15-9-10-22-19(11-15)24(3)4/h7-12H,5-6,13-14H2,1-4H3,(H,23,26). The van der Waals surface area contributed by atoms with E-state index in [0.29, 0.717) is 30.3 Å². The molecule has 0 aliphatic carbocycles. The molecule has 0 spiro atoms. The van der Waals surface area contributed by atoms with E-state index in [1.54, 1.807) is 30.5 Å². The van der Waals surface area contributed by atoms with Crippen molar-refractivity contribution in [2.45, 2.75) is 20.5 Å². The zero-order chi connectivity index (χ0) is 21.2. The second kappa shape index (κ2) is 10.9. The van der Waals surface area contributed by atoms with Crippen molar-refractivity contribution in [3.63, 3.8) is 0 Å². The van der Waals surface area contributed by atoms with Gasteiger partial charge >= 0.3 is 5.97 Å². The number of hydrogen-bond donors (Lipinski definition) is 1. The third-order valence-electron chi connectivity index (χ3n) is 3.87. The predicted octanol–water partition coefficient (Wildman–Crippen LogP) is 2.42. The molecular weight excluding hydrogens is 374 g/mol. The van der Waals surface area contributed by atoms with Crippen LogP contribution in [-0.4, -0.2) is 50.7 Å². The van der Waals surface area contributed by atoms with Gasteiger partial charge in [0.1, 0.15) is 19.0 Å². The van der Waals surface area contributed by atoms with E-state index in [0.717, 1.165) is 11.4 Å². The quantitative estimate of drug-likeness (QED) is 0.612. The molecule has 0 atom stereocenters. The number of esters is 1. The Balaban J connectivity index is 1.89. The molecule has 0 saturated heterocycles. The molecule has 0 fully saturated rings. The smallest absolute Gasteiger partial charge is 0.325 e. The predicted molar refractivity (Wildman–Crippen MR) is 109 cm³/mol. The summed E-state index contributed by atoms with van der Waals surface area (Å²) in [4.78, 5) is 30.4. The highest BCUT2D eigenvalue weighted by Gasteiger charge is 2.13. The SMILES string of the molecule is CCOc1ccc(C(=O)NCC(=O)OCc2ccnc(N(C)C)c2)cc1OCC. The molecule has 1 N–H and O–H groups in total. The number of aromatic nitrogens is 1. The number of anilines is 1. The number of hydrogen-bond acceptors (Lipinski definition) is 7. The number of benzene rings is 1. The van der Waals surface area contributed by atoms with E-state index in [2.05, 4.69) is 10.3 Å². The normalized spacial score (nSPS) is 10.2. The average Bonchev–Trinajstić information content (AvgIpc) is 2.72. The maximum absolute atomic E-state index is 12.3. The summed E-state index contributed by atoms with van der Waals surface area (Å²) in [6.45, 7) is 4.53. The van der Waals surface area contributed by atoms with E-state index in [9.17, 15) is 9.59 Å². The van der Waals surface area contributed by atoms with Crippen LogP contribution in [0.15, 0.2) is 36.5 Å². The summed E-state index contributed by atoms with van der Waals surface area (Å²) in [7, 11) is 3.76. The van der Waals surface area contributed by atoms with E-state index in [1.165, 1.54) is 0 Å². The van der Waals surface area contributed by atoms with E-state index < -0.39 is 11.9 Å². The third-order valence-corrected chi connectivity index (χ3v) is 3.87. The van der Waals surface area contributed by atoms with Gasteiger partial charge in [-0.3, -0.25) is 9.59 Å². The monoisotopic (exact) mass is 401 g/mol. The van der Waals surface area contributed by atoms with Gasteiger partial charge in [0.2, 0.25) is 0 Å². The summed E-state index contributed by atoms with van der Waals surface area (Å²) < 4.78 is 16.2. The summed E-state index contributed by atoms with van der Waals surface area (Å²) in [5.41, 5.74) is 1.19. The zero-order valence-electron chi connectivity index (χ0n) is 17.2. The number of carbonyl (C=O) groups excluding carboxylic acids is 2.